The van der Waals surface area contributed by atoms with E-state index >= 15 is 0 Å². The number of halogens is 1. The lowest BCUT2D eigenvalue weighted by atomic mass is 10.2. The van der Waals surface area contributed by atoms with Crippen LogP contribution in [-0.4, -0.2) is 21.1 Å². The summed E-state index contributed by atoms with van der Waals surface area (Å²) in [6.45, 7) is 0.519. The maximum absolute atomic E-state index is 5.84. The van der Waals surface area contributed by atoms with E-state index in [9.17, 15) is 0 Å². The molecule has 5 nitrogen and oxygen atoms in total. The van der Waals surface area contributed by atoms with Gasteiger partial charge in [-0.15, -0.1) is 0 Å². The zero-order valence-electron chi connectivity index (χ0n) is 15.3. The maximum Gasteiger partial charge on any atom is 0.216 e. The number of H-pyrrole nitrogens is 1. The van der Waals surface area contributed by atoms with Crippen molar-refractivity contribution in [3.8, 4) is 17.1 Å². The summed E-state index contributed by atoms with van der Waals surface area (Å²) >= 11 is 8.74. The zero-order valence-corrected chi connectivity index (χ0v) is 17.7. The van der Waals surface area contributed by atoms with Crippen molar-refractivity contribution in [1.29, 1.82) is 0 Å². The quantitative estimate of drug-likeness (QED) is 0.288. The summed E-state index contributed by atoms with van der Waals surface area (Å²) in [5.41, 5.74) is 2.98. The number of nitrogens with zero attached hydrogens (tertiary/aromatic N) is 3. The lowest BCUT2D eigenvalue weighted by Gasteiger charge is -2.06. The lowest BCUT2D eigenvalue weighted by Crippen LogP contribution is -1.96. The molecule has 0 amide bonds. The number of benzene rings is 3. The van der Waals surface area contributed by atoms with Gasteiger partial charge in [-0.25, -0.2) is 5.10 Å². The molecular formula is C22H17BrN4OS. The molecular weight excluding hydrogens is 448 g/mol. The molecule has 1 heterocycles. The van der Waals surface area contributed by atoms with Gasteiger partial charge in [0.05, 0.1) is 6.21 Å². The largest absolute Gasteiger partial charge is 0.489 e. The Balaban J connectivity index is 1.45. The first-order valence-electron chi connectivity index (χ1n) is 8.93. The Bertz CT molecular complexity index is 1170. The van der Waals surface area contributed by atoms with E-state index in [0.29, 0.717) is 17.2 Å². The minimum absolute atomic E-state index is 0.439. The highest BCUT2D eigenvalue weighted by Gasteiger charge is 2.07. The molecule has 0 atom stereocenters. The van der Waals surface area contributed by atoms with Gasteiger partial charge in [0.1, 0.15) is 12.4 Å². The first kappa shape index (κ1) is 19.3. The Morgan fingerprint density at radius 1 is 1.00 bits per heavy atom. The van der Waals surface area contributed by atoms with E-state index in [0.717, 1.165) is 26.9 Å². The van der Waals surface area contributed by atoms with E-state index in [4.69, 9.17) is 17.0 Å². The highest BCUT2D eigenvalue weighted by Crippen LogP contribution is 2.18. The van der Waals surface area contributed by atoms with Crippen LogP contribution < -0.4 is 4.74 Å². The van der Waals surface area contributed by atoms with E-state index in [1.54, 1.807) is 10.9 Å². The summed E-state index contributed by atoms with van der Waals surface area (Å²) in [6, 6.07) is 25.6. The van der Waals surface area contributed by atoms with Crippen LogP contribution in [0.5, 0.6) is 5.75 Å². The van der Waals surface area contributed by atoms with Crippen molar-refractivity contribution in [3.63, 3.8) is 0 Å². The average Bonchev–Trinajstić information content (AvgIpc) is 3.13. The molecule has 0 bridgehead atoms. The van der Waals surface area contributed by atoms with Crippen molar-refractivity contribution in [3.05, 3.63) is 99.2 Å². The van der Waals surface area contributed by atoms with Crippen molar-refractivity contribution in [2.45, 2.75) is 6.61 Å². The molecule has 4 aromatic rings. The van der Waals surface area contributed by atoms with Crippen LogP contribution in [0.1, 0.15) is 11.1 Å². The minimum atomic E-state index is 0.439. The molecule has 0 aliphatic heterocycles. The van der Waals surface area contributed by atoms with Gasteiger partial charge in [-0.3, -0.25) is 0 Å². The van der Waals surface area contributed by atoms with Crippen LogP contribution in [0.15, 0.2) is 88.4 Å². The Morgan fingerprint density at radius 2 is 1.72 bits per heavy atom. The smallest absolute Gasteiger partial charge is 0.216 e. The molecule has 0 spiro atoms. The second kappa shape index (κ2) is 8.98. The summed E-state index contributed by atoms with van der Waals surface area (Å²) in [7, 11) is 0. The first-order valence-corrected chi connectivity index (χ1v) is 10.1. The number of hydrogen-bond donors (Lipinski definition) is 1. The SMILES string of the molecule is S=c1[nH]nc(-c2ccccc2)n1N=Cc1ccc(OCc2ccc(Br)cc2)cc1. The standard InChI is InChI=1S/C22H17BrN4OS/c23-19-10-6-17(7-11-19)15-28-20-12-8-16(9-13-20)14-24-27-21(25-26-22(27)29)18-4-2-1-3-5-18/h1-14H,15H2,(H,26,29). The number of aromatic nitrogens is 3. The topological polar surface area (TPSA) is 55.2 Å². The minimum Gasteiger partial charge on any atom is -0.489 e. The van der Waals surface area contributed by atoms with Gasteiger partial charge in [-0.2, -0.15) is 14.9 Å². The molecule has 1 N–H and O–H groups in total. The third kappa shape index (κ3) is 4.88. The van der Waals surface area contributed by atoms with Crippen LogP contribution in [0.25, 0.3) is 11.4 Å². The van der Waals surface area contributed by atoms with E-state index < -0.39 is 0 Å². The highest BCUT2D eigenvalue weighted by atomic mass is 79.9. The van der Waals surface area contributed by atoms with Gasteiger partial charge in [0.15, 0.2) is 5.82 Å². The lowest BCUT2D eigenvalue weighted by molar-refractivity contribution is 0.306. The van der Waals surface area contributed by atoms with Crippen molar-refractivity contribution >= 4 is 34.4 Å². The summed E-state index contributed by atoms with van der Waals surface area (Å²) in [5.74, 6) is 1.47. The third-order valence-electron chi connectivity index (χ3n) is 4.20. The molecule has 1 aromatic heterocycles. The molecule has 0 saturated carbocycles. The maximum atomic E-state index is 5.84. The molecule has 0 fully saturated rings. The Hall–Kier alpha value is -3.03. The summed E-state index contributed by atoms with van der Waals surface area (Å²) in [5, 5.41) is 11.6. The van der Waals surface area contributed by atoms with Crippen LogP contribution in [-0.2, 0) is 6.61 Å². The van der Waals surface area contributed by atoms with Gasteiger partial charge in [-0.05, 0) is 59.7 Å². The summed E-state index contributed by atoms with van der Waals surface area (Å²) < 4.78 is 8.94. The van der Waals surface area contributed by atoms with Crippen LogP contribution in [0.2, 0.25) is 0 Å². The van der Waals surface area contributed by atoms with Gasteiger partial charge in [0.2, 0.25) is 4.77 Å². The number of nitrogens with one attached hydrogen (secondary N) is 1. The molecule has 144 valence electrons. The van der Waals surface area contributed by atoms with Crippen molar-refractivity contribution in [2.24, 2.45) is 5.10 Å². The molecule has 0 saturated heterocycles. The van der Waals surface area contributed by atoms with E-state index in [1.165, 1.54) is 0 Å². The molecule has 0 aliphatic rings. The monoisotopic (exact) mass is 464 g/mol. The van der Waals surface area contributed by atoms with Crippen molar-refractivity contribution < 1.29 is 4.74 Å². The molecule has 29 heavy (non-hydrogen) atoms. The van der Waals surface area contributed by atoms with Gasteiger partial charge >= 0.3 is 0 Å². The molecule has 7 heteroatoms. The molecule has 3 aromatic carbocycles. The average molecular weight is 465 g/mol. The van der Waals surface area contributed by atoms with Gasteiger partial charge in [0.25, 0.3) is 0 Å². The highest BCUT2D eigenvalue weighted by molar-refractivity contribution is 9.10. The van der Waals surface area contributed by atoms with Crippen molar-refractivity contribution in [1.82, 2.24) is 14.9 Å². The fourth-order valence-corrected chi connectivity index (χ4v) is 3.14. The van der Waals surface area contributed by atoms with E-state index in [1.807, 2.05) is 78.9 Å². The number of rotatable bonds is 6. The van der Waals surface area contributed by atoms with E-state index in [-0.39, 0.29) is 0 Å². The van der Waals surface area contributed by atoms with Crippen molar-refractivity contribution in [2.75, 3.05) is 0 Å². The summed E-state index contributed by atoms with van der Waals surface area (Å²) in [6.07, 6.45) is 1.75. The molecule has 0 unspecified atom stereocenters. The predicted molar refractivity (Wildman–Crippen MR) is 121 cm³/mol. The van der Waals surface area contributed by atoms with Crippen LogP contribution in [0.4, 0.5) is 0 Å². The second-order valence-corrected chi connectivity index (χ2v) is 7.56. The van der Waals surface area contributed by atoms with Crippen LogP contribution >= 0.6 is 28.1 Å². The summed E-state index contributed by atoms with van der Waals surface area (Å²) in [4.78, 5) is 0. The normalized spacial score (nSPS) is 11.1. The van der Waals surface area contributed by atoms with Gasteiger partial charge < -0.3 is 4.74 Å². The predicted octanol–water partition coefficient (Wildman–Crippen LogP) is 5.83. The zero-order chi connectivity index (χ0) is 20.1. The number of aromatic amines is 1. The molecule has 0 radical (unpaired) electrons. The second-order valence-electron chi connectivity index (χ2n) is 6.26. The Morgan fingerprint density at radius 3 is 2.45 bits per heavy atom. The fraction of sp³-hybridized carbons (Fsp3) is 0.0455. The molecule has 4 rings (SSSR count). The van der Waals surface area contributed by atoms with Gasteiger partial charge in [-0.1, -0.05) is 58.4 Å². The van der Waals surface area contributed by atoms with Crippen LogP contribution in [0, 0.1) is 4.77 Å². The first-order chi connectivity index (χ1) is 14.2. The van der Waals surface area contributed by atoms with E-state index in [2.05, 4.69) is 31.2 Å². The van der Waals surface area contributed by atoms with Gasteiger partial charge in [0, 0.05) is 10.0 Å². The number of ether oxygens (including phenoxy) is 1. The number of hydrogen-bond acceptors (Lipinski definition) is 4. The Kier molecular flexibility index (Phi) is 5.97. The Labute approximate surface area is 181 Å². The third-order valence-corrected chi connectivity index (χ3v) is 5.00. The fourth-order valence-electron chi connectivity index (χ4n) is 2.69. The van der Waals surface area contributed by atoms with Crippen LogP contribution in [0.3, 0.4) is 0 Å². The molecule has 0 aliphatic carbocycles.